The summed E-state index contributed by atoms with van der Waals surface area (Å²) in [6.07, 6.45) is 25.9. The normalized spacial score (nSPS) is 13.1. The number of hydrogen-bond acceptors (Lipinski definition) is 12. The van der Waals surface area contributed by atoms with E-state index in [1.165, 1.54) is 115 Å². The number of esters is 3. The van der Waals surface area contributed by atoms with E-state index in [2.05, 4.69) is 42.6 Å². The van der Waals surface area contributed by atoms with Gasteiger partial charge in [-0.1, -0.05) is 172 Å². The van der Waals surface area contributed by atoms with Crippen LogP contribution in [0.4, 0.5) is 0 Å². The Hall–Kier alpha value is -2.12. The average Bonchev–Trinajstić information content (AvgIpc) is 3.30. The standard InChI is InChI=1S/C51H83O12P.Na/c1-3-5-7-9-11-12-13-14-15-16-17-18-19-21-24-28-49(54)60-41-48(42-62-64(57,58)61-40-47(53)39-52)63-50(55)29-25-22-26-38-59-51(56)46-36-34-45(35-37-46)44-32-30-43(31-33-44)27-23-20-10-8-6-4-2;/h30-37,47-48,52-53H,3-29,38-42H2,1-2H3,(H,57,58);/q;+1/p-1/t47-,48+;/m0./s1. The molecule has 0 radical (unpaired) electrons. The van der Waals surface area contributed by atoms with Gasteiger partial charge in [0.1, 0.15) is 12.7 Å². The Morgan fingerprint density at radius 1 is 0.569 bits per heavy atom. The van der Waals surface area contributed by atoms with E-state index in [-0.39, 0.29) is 49.0 Å². The summed E-state index contributed by atoms with van der Waals surface area (Å²) in [4.78, 5) is 50.1. The minimum atomic E-state index is -4.93. The van der Waals surface area contributed by atoms with Gasteiger partial charge < -0.3 is 38.4 Å². The Morgan fingerprint density at radius 3 is 1.54 bits per heavy atom. The van der Waals surface area contributed by atoms with Crippen LogP contribution in [0.3, 0.4) is 0 Å². The van der Waals surface area contributed by atoms with Crippen LogP contribution in [0.1, 0.15) is 197 Å². The number of aryl methyl sites for hydroxylation is 1. The molecule has 0 spiro atoms. The van der Waals surface area contributed by atoms with Crippen LogP contribution in [0.5, 0.6) is 0 Å². The van der Waals surface area contributed by atoms with Crippen LogP contribution in [0.2, 0.25) is 0 Å². The molecule has 0 amide bonds. The Balaban J connectivity index is 0.0000211. The molecule has 12 nitrogen and oxygen atoms in total. The fourth-order valence-electron chi connectivity index (χ4n) is 7.27. The van der Waals surface area contributed by atoms with Crippen molar-refractivity contribution in [3.8, 4) is 11.1 Å². The first-order valence-corrected chi connectivity index (χ1v) is 26.1. The minimum Gasteiger partial charge on any atom is -0.756 e. The number of carbonyl (C=O) groups excluding carboxylic acids is 3. The van der Waals surface area contributed by atoms with Crippen molar-refractivity contribution < 1.29 is 86.9 Å². The minimum absolute atomic E-state index is 0. The van der Waals surface area contributed by atoms with Gasteiger partial charge in [0.05, 0.1) is 32.0 Å². The monoisotopic (exact) mass is 941 g/mol. The Labute approximate surface area is 413 Å². The van der Waals surface area contributed by atoms with Crippen molar-refractivity contribution in [2.24, 2.45) is 0 Å². The number of benzene rings is 2. The molecule has 2 aromatic carbocycles. The molecule has 0 aliphatic rings. The smallest absolute Gasteiger partial charge is 0.756 e. The van der Waals surface area contributed by atoms with Crippen molar-refractivity contribution in [1.82, 2.24) is 0 Å². The predicted molar refractivity (Wildman–Crippen MR) is 251 cm³/mol. The number of phosphoric ester groups is 1. The van der Waals surface area contributed by atoms with E-state index in [1.54, 1.807) is 12.1 Å². The molecule has 0 saturated heterocycles. The van der Waals surface area contributed by atoms with E-state index < -0.39 is 64.4 Å². The summed E-state index contributed by atoms with van der Waals surface area (Å²) in [5.74, 6) is -1.56. The zero-order chi connectivity index (χ0) is 46.5. The Morgan fingerprint density at radius 2 is 1.02 bits per heavy atom. The molecular formula is C51H82NaO12P. The molecule has 0 aliphatic carbocycles. The maximum atomic E-state index is 12.7. The maximum absolute atomic E-state index is 12.7. The molecule has 0 fully saturated rings. The van der Waals surface area contributed by atoms with E-state index in [9.17, 15) is 28.9 Å². The molecular weight excluding hydrogens is 859 g/mol. The zero-order valence-corrected chi connectivity index (χ0v) is 43.2. The summed E-state index contributed by atoms with van der Waals surface area (Å²) in [6, 6.07) is 15.9. The second-order valence-electron chi connectivity index (χ2n) is 17.1. The summed E-state index contributed by atoms with van der Waals surface area (Å²) in [5, 5.41) is 18.4. The first kappa shape index (κ1) is 60.9. The number of aliphatic hydroxyl groups excluding tert-OH is 2. The fraction of sp³-hybridized carbons (Fsp3) is 0.706. The van der Waals surface area contributed by atoms with Crippen LogP contribution in [0.15, 0.2) is 48.5 Å². The van der Waals surface area contributed by atoms with E-state index >= 15 is 0 Å². The van der Waals surface area contributed by atoms with Crippen LogP contribution >= 0.6 is 7.82 Å². The van der Waals surface area contributed by atoms with Gasteiger partial charge in [-0.15, -0.1) is 0 Å². The van der Waals surface area contributed by atoms with Gasteiger partial charge >= 0.3 is 47.5 Å². The maximum Gasteiger partial charge on any atom is 1.00 e. The zero-order valence-electron chi connectivity index (χ0n) is 40.3. The molecule has 364 valence electrons. The van der Waals surface area contributed by atoms with Gasteiger partial charge in [-0.2, -0.15) is 0 Å². The van der Waals surface area contributed by atoms with Crippen LogP contribution < -0.4 is 34.5 Å². The second-order valence-corrected chi connectivity index (χ2v) is 18.5. The van der Waals surface area contributed by atoms with E-state index in [1.807, 2.05) is 12.1 Å². The molecule has 0 saturated carbocycles. The predicted octanol–water partition coefficient (Wildman–Crippen LogP) is 8.55. The number of hydrogen-bond donors (Lipinski definition) is 2. The van der Waals surface area contributed by atoms with Gasteiger partial charge in [-0.3, -0.25) is 14.2 Å². The number of phosphoric acid groups is 1. The summed E-state index contributed by atoms with van der Waals surface area (Å²) in [6.45, 7) is 2.14. The van der Waals surface area contributed by atoms with Gasteiger partial charge in [0.25, 0.3) is 7.82 Å². The van der Waals surface area contributed by atoms with Gasteiger partial charge in [-0.25, -0.2) is 4.79 Å². The topological polar surface area (TPSA) is 178 Å². The quantitative estimate of drug-likeness (QED) is 0.0214. The Kier molecular flexibility index (Phi) is 37.3. The van der Waals surface area contributed by atoms with Crippen molar-refractivity contribution in [2.45, 2.75) is 199 Å². The van der Waals surface area contributed by atoms with Gasteiger partial charge in [0.15, 0.2) is 6.10 Å². The molecule has 2 N–H and O–H groups in total. The van der Waals surface area contributed by atoms with E-state index in [0.717, 1.165) is 36.8 Å². The molecule has 0 bridgehead atoms. The van der Waals surface area contributed by atoms with Crippen LogP contribution in [-0.2, 0) is 43.8 Å². The summed E-state index contributed by atoms with van der Waals surface area (Å²) in [5.41, 5.74) is 3.89. The third kappa shape index (κ3) is 32.3. The summed E-state index contributed by atoms with van der Waals surface area (Å²) in [7, 11) is -4.93. The van der Waals surface area contributed by atoms with Crippen molar-refractivity contribution in [3.05, 3.63) is 59.7 Å². The Bertz CT molecular complexity index is 1540. The molecule has 14 heteroatoms. The second kappa shape index (κ2) is 39.8. The third-order valence-corrected chi connectivity index (χ3v) is 12.2. The molecule has 2 rings (SSSR count). The molecule has 0 aliphatic heterocycles. The van der Waals surface area contributed by atoms with Gasteiger partial charge in [-0.05, 0) is 67.3 Å². The molecule has 2 aromatic rings. The number of aliphatic hydroxyl groups is 2. The first-order valence-electron chi connectivity index (χ1n) is 24.7. The number of ether oxygens (including phenoxy) is 3. The number of carbonyl (C=O) groups is 3. The summed E-state index contributed by atoms with van der Waals surface area (Å²) >= 11 is 0. The number of rotatable bonds is 41. The first-order chi connectivity index (χ1) is 31.1. The van der Waals surface area contributed by atoms with Gasteiger partial charge in [0.2, 0.25) is 0 Å². The average molecular weight is 941 g/mol. The van der Waals surface area contributed by atoms with Crippen molar-refractivity contribution in [1.29, 1.82) is 0 Å². The van der Waals surface area contributed by atoms with Crippen molar-refractivity contribution in [3.63, 3.8) is 0 Å². The number of unbranched alkanes of at least 4 members (excludes halogenated alkanes) is 21. The molecule has 0 aromatic heterocycles. The van der Waals surface area contributed by atoms with E-state index in [0.29, 0.717) is 31.2 Å². The van der Waals surface area contributed by atoms with Crippen LogP contribution in [0.25, 0.3) is 11.1 Å². The molecule has 1 unspecified atom stereocenters. The van der Waals surface area contributed by atoms with Crippen LogP contribution in [0, 0.1) is 0 Å². The fourth-order valence-corrected chi connectivity index (χ4v) is 8.05. The van der Waals surface area contributed by atoms with Crippen molar-refractivity contribution in [2.75, 3.05) is 33.0 Å². The molecule has 0 heterocycles. The van der Waals surface area contributed by atoms with Crippen molar-refractivity contribution >= 4 is 25.7 Å². The SMILES string of the molecule is CCCCCCCCCCCCCCCCCC(=O)OC[C@H](COP(=O)([O-])OC[C@@H](O)CO)OC(=O)CCCCCOC(=O)c1ccc(-c2ccc(CCCCCCCC)cc2)cc1.[Na+]. The third-order valence-electron chi connectivity index (χ3n) is 11.3. The van der Waals surface area contributed by atoms with Gasteiger partial charge in [0, 0.05) is 12.8 Å². The van der Waals surface area contributed by atoms with Crippen LogP contribution in [-0.4, -0.2) is 73.4 Å². The van der Waals surface area contributed by atoms with E-state index in [4.69, 9.17) is 23.8 Å². The molecule has 3 atom stereocenters. The molecule has 65 heavy (non-hydrogen) atoms. The largest absolute Gasteiger partial charge is 1.00 e. The summed E-state index contributed by atoms with van der Waals surface area (Å²) < 4.78 is 37.8.